The number of nitrogens with zero attached hydrogens (tertiary/aromatic N) is 1. The number of carbonyl (C=O) groups is 1. The van der Waals surface area contributed by atoms with Crippen LogP contribution >= 0.6 is 0 Å². The van der Waals surface area contributed by atoms with Gasteiger partial charge >= 0.3 is 5.97 Å². The Morgan fingerprint density at radius 3 is 2.45 bits per heavy atom. The van der Waals surface area contributed by atoms with Crippen molar-refractivity contribution in [3.05, 3.63) is 35.4 Å². The van der Waals surface area contributed by atoms with Gasteiger partial charge in [-0.2, -0.15) is 5.26 Å². The number of nitriles is 1. The number of carbonyl (C=O) groups excluding carboxylic acids is 1. The van der Waals surface area contributed by atoms with E-state index in [2.05, 4.69) is 37.3 Å². The molecule has 1 aromatic carbocycles. The van der Waals surface area contributed by atoms with Gasteiger partial charge in [0, 0.05) is 5.41 Å². The summed E-state index contributed by atoms with van der Waals surface area (Å²) in [5.74, 6) is -1.01. The molecule has 1 atom stereocenters. The number of hydrogen-bond acceptors (Lipinski definition) is 3. The number of benzene rings is 1. The lowest BCUT2D eigenvalue weighted by molar-refractivity contribution is -0.151. The first-order valence-corrected chi connectivity index (χ1v) is 8.23. The molecule has 0 aromatic heterocycles. The Kier molecular flexibility index (Phi) is 5.60. The first kappa shape index (κ1) is 16.5. The number of esters is 1. The maximum Gasteiger partial charge on any atom is 0.323 e. The maximum atomic E-state index is 12.3. The second-order valence-electron chi connectivity index (χ2n) is 6.40. The second-order valence-corrected chi connectivity index (χ2v) is 6.40. The molecule has 0 aliphatic heterocycles. The molecule has 1 fully saturated rings. The quantitative estimate of drug-likeness (QED) is 0.766. The van der Waals surface area contributed by atoms with Crippen LogP contribution in [-0.4, -0.2) is 12.6 Å². The molecule has 0 radical (unpaired) electrons. The molecule has 1 aromatic rings. The molecular weight excluding hydrogens is 274 g/mol. The predicted molar refractivity (Wildman–Crippen MR) is 86.1 cm³/mol. The molecule has 3 nitrogen and oxygen atoms in total. The first-order chi connectivity index (χ1) is 10.6. The molecule has 0 saturated heterocycles. The normalized spacial score (nSPS) is 18.2. The molecule has 118 valence electrons. The van der Waals surface area contributed by atoms with Gasteiger partial charge in [0.1, 0.15) is 5.92 Å². The highest BCUT2D eigenvalue weighted by Crippen LogP contribution is 2.45. The van der Waals surface area contributed by atoms with Crippen LogP contribution in [0.25, 0.3) is 0 Å². The van der Waals surface area contributed by atoms with Gasteiger partial charge < -0.3 is 4.74 Å². The van der Waals surface area contributed by atoms with Gasteiger partial charge in [-0.15, -0.1) is 0 Å². The molecule has 0 amide bonds. The monoisotopic (exact) mass is 299 g/mol. The van der Waals surface area contributed by atoms with Crippen LogP contribution in [0.1, 0.15) is 50.2 Å². The highest BCUT2D eigenvalue weighted by Gasteiger charge is 2.44. The second kappa shape index (κ2) is 7.45. The zero-order chi connectivity index (χ0) is 16.0. The third-order valence-corrected chi connectivity index (χ3v) is 4.79. The van der Waals surface area contributed by atoms with Crippen LogP contribution in [0.15, 0.2) is 24.3 Å². The van der Waals surface area contributed by atoms with Crippen molar-refractivity contribution in [3.63, 3.8) is 0 Å². The first-order valence-electron chi connectivity index (χ1n) is 8.23. The molecule has 0 heterocycles. The van der Waals surface area contributed by atoms with Crippen LogP contribution in [-0.2, 0) is 16.0 Å². The van der Waals surface area contributed by atoms with Crippen molar-refractivity contribution in [2.24, 2.45) is 11.3 Å². The summed E-state index contributed by atoms with van der Waals surface area (Å²) >= 11 is 0. The van der Waals surface area contributed by atoms with Crippen molar-refractivity contribution in [3.8, 4) is 6.07 Å². The predicted octanol–water partition coefficient (Wildman–Crippen LogP) is 4.19. The van der Waals surface area contributed by atoms with Crippen molar-refractivity contribution < 1.29 is 9.53 Å². The molecule has 0 bridgehead atoms. The van der Waals surface area contributed by atoms with Gasteiger partial charge in [0.15, 0.2) is 0 Å². The van der Waals surface area contributed by atoms with Gasteiger partial charge in [0.25, 0.3) is 0 Å². The summed E-state index contributed by atoms with van der Waals surface area (Å²) in [6.45, 7) is 4.19. The number of hydrogen-bond donors (Lipinski definition) is 0. The molecule has 0 N–H and O–H groups in total. The lowest BCUT2D eigenvalue weighted by atomic mass is 9.63. The average Bonchev–Trinajstić information content (AvgIpc) is 2.51. The topological polar surface area (TPSA) is 50.1 Å². The molecule has 2 rings (SSSR count). The van der Waals surface area contributed by atoms with E-state index in [0.717, 1.165) is 32.1 Å². The fourth-order valence-corrected chi connectivity index (χ4v) is 3.60. The Labute approximate surface area is 133 Å². The zero-order valence-corrected chi connectivity index (χ0v) is 13.6. The largest absolute Gasteiger partial charge is 0.465 e. The molecule has 3 heteroatoms. The Morgan fingerprint density at radius 1 is 1.27 bits per heavy atom. The van der Waals surface area contributed by atoms with Gasteiger partial charge in [0.05, 0.1) is 12.7 Å². The Morgan fingerprint density at radius 2 is 1.91 bits per heavy atom. The third kappa shape index (κ3) is 3.68. The lowest BCUT2D eigenvalue weighted by Gasteiger charge is -2.39. The van der Waals surface area contributed by atoms with E-state index in [-0.39, 0.29) is 11.4 Å². The molecule has 1 aliphatic carbocycles. The van der Waals surface area contributed by atoms with E-state index < -0.39 is 5.92 Å². The Hall–Kier alpha value is -1.82. The van der Waals surface area contributed by atoms with Gasteiger partial charge in [-0.1, -0.05) is 49.1 Å². The summed E-state index contributed by atoms with van der Waals surface area (Å²) in [4.78, 5) is 12.3. The van der Waals surface area contributed by atoms with Crippen molar-refractivity contribution in [2.45, 2.75) is 52.4 Å². The Bertz CT molecular complexity index is 536. The highest BCUT2D eigenvalue weighted by atomic mass is 16.5. The molecule has 0 spiro atoms. The highest BCUT2D eigenvalue weighted by molar-refractivity contribution is 5.76. The van der Waals surface area contributed by atoms with Gasteiger partial charge in [-0.05, 0) is 38.7 Å². The maximum absolute atomic E-state index is 12.3. The van der Waals surface area contributed by atoms with E-state index in [4.69, 9.17) is 4.74 Å². The van der Waals surface area contributed by atoms with E-state index >= 15 is 0 Å². The third-order valence-electron chi connectivity index (χ3n) is 4.79. The SMILES string of the molecule is CCOC(=O)C(C#N)C1(Cc2ccc(C)cc2)CCCCC1. The van der Waals surface area contributed by atoms with Crippen LogP contribution in [0.2, 0.25) is 0 Å². The summed E-state index contributed by atoms with van der Waals surface area (Å²) < 4.78 is 5.17. The average molecular weight is 299 g/mol. The van der Waals surface area contributed by atoms with Gasteiger partial charge in [0.2, 0.25) is 0 Å². The molecule has 22 heavy (non-hydrogen) atoms. The number of rotatable bonds is 5. The van der Waals surface area contributed by atoms with E-state index in [0.29, 0.717) is 6.61 Å². The molecular formula is C19H25NO2. The zero-order valence-electron chi connectivity index (χ0n) is 13.6. The van der Waals surface area contributed by atoms with Crippen molar-refractivity contribution in [2.75, 3.05) is 6.61 Å². The van der Waals surface area contributed by atoms with Crippen LogP contribution in [0, 0.1) is 29.6 Å². The van der Waals surface area contributed by atoms with Crippen LogP contribution < -0.4 is 0 Å². The van der Waals surface area contributed by atoms with E-state index in [1.165, 1.54) is 17.5 Å². The molecule has 1 saturated carbocycles. The smallest absolute Gasteiger partial charge is 0.323 e. The van der Waals surface area contributed by atoms with Crippen LogP contribution in [0.3, 0.4) is 0 Å². The summed E-state index contributed by atoms with van der Waals surface area (Å²) in [5.41, 5.74) is 2.16. The summed E-state index contributed by atoms with van der Waals surface area (Å²) in [7, 11) is 0. The lowest BCUT2D eigenvalue weighted by Crippen LogP contribution is -2.39. The Balaban J connectivity index is 2.28. The molecule has 1 unspecified atom stereocenters. The van der Waals surface area contributed by atoms with E-state index in [1.54, 1.807) is 6.92 Å². The minimum Gasteiger partial charge on any atom is -0.465 e. The minimum absolute atomic E-state index is 0.269. The van der Waals surface area contributed by atoms with Gasteiger partial charge in [-0.25, -0.2) is 0 Å². The standard InChI is InChI=1S/C19H25NO2/c1-3-22-18(21)17(14-20)19(11-5-4-6-12-19)13-16-9-7-15(2)8-10-16/h7-10,17H,3-6,11-13H2,1-2H3. The van der Waals surface area contributed by atoms with Gasteiger partial charge in [-0.3, -0.25) is 4.79 Å². The van der Waals surface area contributed by atoms with Crippen LogP contribution in [0.5, 0.6) is 0 Å². The fraction of sp³-hybridized carbons (Fsp3) is 0.579. The molecule has 1 aliphatic rings. The van der Waals surface area contributed by atoms with E-state index in [9.17, 15) is 10.1 Å². The van der Waals surface area contributed by atoms with Crippen molar-refractivity contribution >= 4 is 5.97 Å². The fourth-order valence-electron chi connectivity index (χ4n) is 3.60. The summed E-state index contributed by atoms with van der Waals surface area (Å²) in [6.07, 6.45) is 6.00. The van der Waals surface area contributed by atoms with Crippen molar-refractivity contribution in [1.82, 2.24) is 0 Å². The van der Waals surface area contributed by atoms with Crippen molar-refractivity contribution in [1.29, 1.82) is 5.26 Å². The summed E-state index contributed by atoms with van der Waals surface area (Å²) in [5, 5.41) is 9.61. The number of aryl methyl sites for hydroxylation is 1. The number of ether oxygens (including phenoxy) is 1. The summed E-state index contributed by atoms with van der Waals surface area (Å²) in [6, 6.07) is 10.7. The van der Waals surface area contributed by atoms with Crippen LogP contribution in [0.4, 0.5) is 0 Å². The minimum atomic E-state index is -0.658. The van der Waals surface area contributed by atoms with E-state index in [1.807, 2.05) is 0 Å².